The fourth-order valence-electron chi connectivity index (χ4n) is 2.04. The van der Waals surface area contributed by atoms with Gasteiger partial charge in [0.1, 0.15) is 5.75 Å². The highest BCUT2D eigenvalue weighted by Crippen LogP contribution is 2.22. The average Bonchev–Trinajstić information content (AvgIpc) is 2.46. The predicted molar refractivity (Wildman–Crippen MR) is 71.2 cm³/mol. The minimum Gasteiger partial charge on any atom is -0.493 e. The molecule has 0 bridgehead atoms. The first-order valence-corrected chi connectivity index (χ1v) is 6.39. The summed E-state index contributed by atoms with van der Waals surface area (Å²) in [7, 11) is 1.33. The van der Waals surface area contributed by atoms with E-state index in [4.69, 9.17) is 15.2 Å². The normalized spacial score (nSPS) is 16.1. The van der Waals surface area contributed by atoms with Crippen LogP contribution in [0.3, 0.4) is 0 Å². The van der Waals surface area contributed by atoms with Crippen molar-refractivity contribution in [1.82, 2.24) is 0 Å². The second-order valence-corrected chi connectivity index (χ2v) is 4.61. The summed E-state index contributed by atoms with van der Waals surface area (Å²) in [5.74, 6) is 0.697. The van der Waals surface area contributed by atoms with Crippen molar-refractivity contribution in [2.45, 2.75) is 12.8 Å². The van der Waals surface area contributed by atoms with Crippen molar-refractivity contribution >= 4 is 11.7 Å². The molecule has 1 saturated heterocycles. The number of hydrogen-bond acceptors (Lipinski definition) is 5. The Bertz CT molecular complexity index is 441. The first-order valence-electron chi connectivity index (χ1n) is 6.39. The summed E-state index contributed by atoms with van der Waals surface area (Å²) in [4.78, 5) is 11.5. The van der Waals surface area contributed by atoms with E-state index in [0.717, 1.165) is 26.1 Å². The van der Waals surface area contributed by atoms with E-state index in [2.05, 4.69) is 4.74 Å². The van der Waals surface area contributed by atoms with Gasteiger partial charge in [-0.25, -0.2) is 4.79 Å². The first-order chi connectivity index (χ1) is 9.20. The molecule has 2 rings (SSSR count). The number of methoxy groups -OCH3 is 1. The molecule has 1 aliphatic heterocycles. The number of ether oxygens (including phenoxy) is 3. The Labute approximate surface area is 112 Å². The van der Waals surface area contributed by atoms with Crippen LogP contribution in [-0.2, 0) is 9.47 Å². The summed E-state index contributed by atoms with van der Waals surface area (Å²) in [6.07, 6.45) is 2.03. The van der Waals surface area contributed by atoms with Gasteiger partial charge in [0.05, 0.1) is 19.3 Å². The highest BCUT2D eigenvalue weighted by molar-refractivity contribution is 5.95. The molecule has 19 heavy (non-hydrogen) atoms. The number of nitrogens with two attached hydrogens (primary N) is 1. The van der Waals surface area contributed by atoms with Gasteiger partial charge in [0.15, 0.2) is 0 Å². The van der Waals surface area contributed by atoms with Crippen LogP contribution in [0.2, 0.25) is 0 Å². The number of rotatable bonds is 4. The Morgan fingerprint density at radius 3 is 2.84 bits per heavy atom. The van der Waals surface area contributed by atoms with Gasteiger partial charge >= 0.3 is 5.97 Å². The van der Waals surface area contributed by atoms with Gasteiger partial charge in [0.25, 0.3) is 0 Å². The molecule has 0 aliphatic carbocycles. The maximum absolute atomic E-state index is 11.5. The fraction of sp³-hybridized carbons (Fsp3) is 0.500. The van der Waals surface area contributed by atoms with E-state index in [0.29, 0.717) is 29.5 Å². The molecular formula is C14H19NO4. The van der Waals surface area contributed by atoms with Crippen LogP contribution in [0.15, 0.2) is 18.2 Å². The minimum atomic E-state index is -0.450. The molecule has 0 saturated carbocycles. The smallest absolute Gasteiger partial charge is 0.340 e. The van der Waals surface area contributed by atoms with Gasteiger partial charge in [0.2, 0.25) is 0 Å². The first kappa shape index (κ1) is 13.7. The van der Waals surface area contributed by atoms with Crippen LogP contribution in [0.4, 0.5) is 5.69 Å². The minimum absolute atomic E-state index is 0.340. The quantitative estimate of drug-likeness (QED) is 0.664. The molecule has 0 amide bonds. The molecule has 0 radical (unpaired) electrons. The molecule has 2 N–H and O–H groups in total. The molecule has 1 heterocycles. The van der Waals surface area contributed by atoms with Crippen LogP contribution >= 0.6 is 0 Å². The third kappa shape index (κ3) is 3.61. The Morgan fingerprint density at radius 1 is 1.42 bits per heavy atom. The van der Waals surface area contributed by atoms with E-state index < -0.39 is 5.97 Å². The Morgan fingerprint density at radius 2 is 2.16 bits per heavy atom. The van der Waals surface area contributed by atoms with Gasteiger partial charge in [-0.2, -0.15) is 0 Å². The summed E-state index contributed by atoms with van der Waals surface area (Å²) in [5, 5.41) is 0. The zero-order chi connectivity index (χ0) is 13.7. The zero-order valence-electron chi connectivity index (χ0n) is 11.1. The van der Waals surface area contributed by atoms with Crippen LogP contribution in [0.25, 0.3) is 0 Å². The standard InChI is InChI=1S/C14H19NO4/c1-17-14(16)12-8-11(2-3-13(12)15)19-9-10-4-6-18-7-5-10/h2-3,8,10H,4-7,9,15H2,1H3. The van der Waals surface area contributed by atoms with Crippen molar-refractivity contribution in [1.29, 1.82) is 0 Å². The molecule has 1 aliphatic rings. The molecule has 5 nitrogen and oxygen atoms in total. The van der Waals surface area contributed by atoms with E-state index in [1.54, 1.807) is 18.2 Å². The summed E-state index contributed by atoms with van der Waals surface area (Å²) >= 11 is 0. The number of esters is 1. The van der Waals surface area contributed by atoms with Gasteiger partial charge < -0.3 is 19.9 Å². The number of carbonyl (C=O) groups is 1. The molecular weight excluding hydrogens is 246 g/mol. The van der Waals surface area contributed by atoms with E-state index in [9.17, 15) is 4.79 Å². The van der Waals surface area contributed by atoms with Crippen LogP contribution in [0, 0.1) is 5.92 Å². The van der Waals surface area contributed by atoms with Crippen molar-refractivity contribution in [2.24, 2.45) is 5.92 Å². The van der Waals surface area contributed by atoms with E-state index in [1.165, 1.54) is 7.11 Å². The van der Waals surface area contributed by atoms with Gasteiger partial charge in [0, 0.05) is 18.9 Å². The number of nitrogen functional groups attached to an aromatic ring is 1. The second-order valence-electron chi connectivity index (χ2n) is 4.61. The van der Waals surface area contributed by atoms with Crippen molar-refractivity contribution in [3.8, 4) is 5.75 Å². The lowest BCUT2D eigenvalue weighted by molar-refractivity contribution is 0.0497. The lowest BCUT2D eigenvalue weighted by Crippen LogP contribution is -2.21. The molecule has 0 spiro atoms. The third-order valence-corrected chi connectivity index (χ3v) is 3.26. The maximum atomic E-state index is 11.5. The second kappa shape index (κ2) is 6.43. The lowest BCUT2D eigenvalue weighted by atomic mass is 10.0. The van der Waals surface area contributed by atoms with Gasteiger partial charge in [-0.3, -0.25) is 0 Å². The highest BCUT2D eigenvalue weighted by atomic mass is 16.5. The fourth-order valence-corrected chi connectivity index (χ4v) is 2.04. The van der Waals surface area contributed by atoms with E-state index >= 15 is 0 Å². The Hall–Kier alpha value is -1.75. The summed E-state index contributed by atoms with van der Waals surface area (Å²) in [5.41, 5.74) is 6.47. The highest BCUT2D eigenvalue weighted by Gasteiger charge is 2.15. The van der Waals surface area contributed by atoms with E-state index in [-0.39, 0.29) is 0 Å². The van der Waals surface area contributed by atoms with Crippen LogP contribution in [0.5, 0.6) is 5.75 Å². The molecule has 1 fully saturated rings. The largest absolute Gasteiger partial charge is 0.493 e. The number of benzene rings is 1. The molecule has 5 heteroatoms. The summed E-state index contributed by atoms with van der Waals surface area (Å²) < 4.78 is 15.7. The van der Waals surface area contributed by atoms with Gasteiger partial charge in [-0.1, -0.05) is 0 Å². The van der Waals surface area contributed by atoms with Crippen molar-refractivity contribution < 1.29 is 19.0 Å². The molecule has 0 aromatic heterocycles. The molecule has 1 aromatic rings. The molecule has 104 valence electrons. The average molecular weight is 265 g/mol. The molecule has 1 aromatic carbocycles. The SMILES string of the molecule is COC(=O)c1cc(OCC2CCOCC2)ccc1N. The van der Waals surface area contributed by atoms with Crippen molar-refractivity contribution in [3.63, 3.8) is 0 Å². The van der Waals surface area contributed by atoms with Gasteiger partial charge in [-0.15, -0.1) is 0 Å². The Balaban J connectivity index is 1.98. The van der Waals surface area contributed by atoms with Crippen molar-refractivity contribution in [2.75, 3.05) is 32.7 Å². The van der Waals surface area contributed by atoms with Crippen LogP contribution < -0.4 is 10.5 Å². The third-order valence-electron chi connectivity index (χ3n) is 3.26. The lowest BCUT2D eigenvalue weighted by Gasteiger charge is -2.22. The van der Waals surface area contributed by atoms with E-state index in [1.807, 2.05) is 0 Å². The topological polar surface area (TPSA) is 70.8 Å². The van der Waals surface area contributed by atoms with Crippen LogP contribution in [-0.4, -0.2) is 32.9 Å². The zero-order valence-corrected chi connectivity index (χ0v) is 11.1. The number of anilines is 1. The molecule has 0 unspecified atom stereocenters. The monoisotopic (exact) mass is 265 g/mol. The molecule has 0 atom stereocenters. The predicted octanol–water partition coefficient (Wildman–Crippen LogP) is 1.86. The summed E-state index contributed by atoms with van der Waals surface area (Å²) in [6.45, 7) is 2.22. The van der Waals surface area contributed by atoms with Gasteiger partial charge in [-0.05, 0) is 37.0 Å². The maximum Gasteiger partial charge on any atom is 0.340 e. The summed E-state index contributed by atoms with van der Waals surface area (Å²) in [6, 6.07) is 5.05. The van der Waals surface area contributed by atoms with Crippen molar-refractivity contribution in [3.05, 3.63) is 23.8 Å². The number of carbonyl (C=O) groups excluding carboxylic acids is 1. The van der Waals surface area contributed by atoms with Crippen LogP contribution in [0.1, 0.15) is 23.2 Å². The number of hydrogen-bond donors (Lipinski definition) is 1. The Kier molecular flexibility index (Phi) is 4.63.